The molecule has 0 aliphatic heterocycles. The summed E-state index contributed by atoms with van der Waals surface area (Å²) in [5.74, 6) is -3.46. The first-order valence-corrected chi connectivity index (χ1v) is 8.32. The number of benzene rings is 2. The van der Waals surface area contributed by atoms with Gasteiger partial charge in [0.1, 0.15) is 0 Å². The number of aliphatic hydroxyl groups is 1. The van der Waals surface area contributed by atoms with Crippen molar-refractivity contribution < 1.29 is 31.1 Å². The van der Waals surface area contributed by atoms with Crippen molar-refractivity contribution >= 4 is 9.84 Å². The molecule has 0 radical (unpaired) electrons. The van der Waals surface area contributed by atoms with Crippen LogP contribution in [-0.4, -0.2) is 25.6 Å². The van der Waals surface area contributed by atoms with Crippen LogP contribution in [0.4, 0.5) is 17.6 Å². The fraction of sp³-hybridized carbons (Fsp3) is 0.176. The molecule has 0 aliphatic carbocycles. The van der Waals surface area contributed by atoms with Crippen LogP contribution in [0.25, 0.3) is 0 Å². The Bertz CT molecular complexity index is 888. The second-order valence-electron chi connectivity index (χ2n) is 5.13. The molecule has 0 saturated carbocycles. The van der Waals surface area contributed by atoms with Crippen molar-refractivity contribution in [2.24, 2.45) is 0 Å². The van der Waals surface area contributed by atoms with Crippen LogP contribution in [0.15, 0.2) is 64.4 Å². The van der Waals surface area contributed by atoms with Gasteiger partial charge in [-0.15, -0.1) is 6.42 Å². The van der Waals surface area contributed by atoms with Crippen LogP contribution in [-0.2, 0) is 15.8 Å². The smallest absolute Gasteiger partial charge is 0.318 e. The van der Waals surface area contributed by atoms with E-state index in [2.05, 4.69) is 6.42 Å². The minimum Gasteiger partial charge on any atom is -0.367 e. The van der Waals surface area contributed by atoms with E-state index >= 15 is 0 Å². The Morgan fingerprint density at radius 1 is 0.960 bits per heavy atom. The lowest BCUT2D eigenvalue weighted by Gasteiger charge is -2.30. The summed E-state index contributed by atoms with van der Waals surface area (Å²) in [7, 11) is -3.95. The van der Waals surface area contributed by atoms with E-state index in [4.69, 9.17) is 0 Å². The lowest BCUT2D eigenvalue weighted by Crippen LogP contribution is -2.50. The fourth-order valence-corrected chi connectivity index (χ4v) is 3.37. The first-order valence-electron chi connectivity index (χ1n) is 6.84. The Morgan fingerprint density at radius 2 is 1.44 bits per heavy atom. The molecule has 0 aromatic heterocycles. The zero-order valence-electron chi connectivity index (χ0n) is 12.5. The van der Waals surface area contributed by atoms with Crippen LogP contribution >= 0.6 is 0 Å². The molecule has 0 heterocycles. The second-order valence-corrected chi connectivity index (χ2v) is 7.08. The average Bonchev–Trinajstić information content (AvgIpc) is 2.61. The van der Waals surface area contributed by atoms with Gasteiger partial charge in [0.05, 0.1) is 9.79 Å². The number of terminal acetylenes is 1. The van der Waals surface area contributed by atoms with Crippen LogP contribution < -0.4 is 0 Å². The highest BCUT2D eigenvalue weighted by Crippen LogP contribution is 2.42. The first-order chi connectivity index (χ1) is 11.6. The molecule has 8 heteroatoms. The molecule has 25 heavy (non-hydrogen) atoms. The van der Waals surface area contributed by atoms with Gasteiger partial charge in [0.2, 0.25) is 9.84 Å². The summed E-state index contributed by atoms with van der Waals surface area (Å²) < 4.78 is 78.7. The molecule has 2 rings (SSSR count). The minimum atomic E-state index is -4.48. The Labute approximate surface area is 141 Å². The molecule has 132 valence electrons. The summed E-state index contributed by atoms with van der Waals surface area (Å²) in [5.41, 5.74) is -5.03. The maximum absolute atomic E-state index is 14.2. The predicted molar refractivity (Wildman–Crippen MR) is 82.0 cm³/mol. The van der Waals surface area contributed by atoms with Gasteiger partial charge in [0, 0.05) is 5.56 Å². The highest BCUT2D eigenvalue weighted by Gasteiger charge is 2.59. The molecular weight excluding hydrogens is 360 g/mol. The molecular formula is C17H12F4O3S. The number of hydrogen-bond acceptors (Lipinski definition) is 3. The number of rotatable bonds is 5. The maximum atomic E-state index is 14.2. The van der Waals surface area contributed by atoms with E-state index in [1.54, 1.807) is 6.07 Å². The topological polar surface area (TPSA) is 54.4 Å². The van der Waals surface area contributed by atoms with Crippen LogP contribution in [0.5, 0.6) is 0 Å². The van der Waals surface area contributed by atoms with E-state index in [0.29, 0.717) is 12.1 Å². The van der Waals surface area contributed by atoms with Crippen molar-refractivity contribution in [2.75, 3.05) is 0 Å². The lowest BCUT2D eigenvalue weighted by molar-refractivity contribution is -0.211. The molecule has 0 spiro atoms. The van der Waals surface area contributed by atoms with Crippen LogP contribution in [0, 0.1) is 12.3 Å². The molecule has 2 aromatic carbocycles. The molecule has 0 fully saturated rings. The van der Waals surface area contributed by atoms with Gasteiger partial charge in [-0.2, -0.15) is 8.78 Å². The number of alkyl halides is 4. The molecule has 0 saturated heterocycles. The fourth-order valence-electron chi connectivity index (χ4n) is 2.09. The zero-order chi connectivity index (χ0) is 18.9. The van der Waals surface area contributed by atoms with Gasteiger partial charge in [-0.25, -0.2) is 17.2 Å². The summed E-state index contributed by atoms with van der Waals surface area (Å²) in [5, 5.41) is 9.43. The van der Waals surface area contributed by atoms with E-state index in [1.165, 1.54) is 24.3 Å². The third-order valence-corrected chi connectivity index (χ3v) is 5.38. The summed E-state index contributed by atoms with van der Waals surface area (Å²) in [6.07, 6.45) is 0.748. The van der Waals surface area contributed by atoms with Crippen molar-refractivity contribution in [3.05, 3.63) is 60.2 Å². The molecule has 2 aromatic rings. The van der Waals surface area contributed by atoms with Gasteiger partial charge >= 0.3 is 5.92 Å². The molecule has 1 N–H and O–H groups in total. The van der Waals surface area contributed by atoms with Crippen molar-refractivity contribution in [3.63, 3.8) is 0 Å². The standard InChI is InChI=1S/C17H12F4O3S/c1-2-16(22,15(18)19)17(20,21)12-8-10-14(11-9-12)25(23,24)13-6-4-3-5-7-13/h1,3-11,15,22H. The highest BCUT2D eigenvalue weighted by atomic mass is 32.2. The monoisotopic (exact) mass is 372 g/mol. The first kappa shape index (κ1) is 19.0. The normalized spacial score (nSPS) is 14.8. The van der Waals surface area contributed by atoms with E-state index in [1.807, 2.05) is 0 Å². The summed E-state index contributed by atoms with van der Waals surface area (Å²) in [6, 6.07) is 10.2. The Balaban J connectivity index is 2.46. The van der Waals surface area contributed by atoms with Crippen LogP contribution in [0.2, 0.25) is 0 Å². The SMILES string of the molecule is C#CC(O)(C(F)F)C(F)(F)c1ccc(S(=O)(=O)c2ccccc2)cc1. The number of sulfone groups is 1. The lowest BCUT2D eigenvalue weighted by atomic mass is 9.91. The molecule has 0 amide bonds. The minimum absolute atomic E-state index is 0.0535. The van der Waals surface area contributed by atoms with E-state index in [9.17, 15) is 31.1 Å². The molecule has 1 unspecified atom stereocenters. The molecule has 0 bridgehead atoms. The predicted octanol–water partition coefficient (Wildman–Crippen LogP) is 3.24. The van der Waals surface area contributed by atoms with Gasteiger partial charge in [-0.1, -0.05) is 36.3 Å². The van der Waals surface area contributed by atoms with Gasteiger partial charge in [0.25, 0.3) is 12.0 Å². The third kappa shape index (κ3) is 3.13. The summed E-state index contributed by atoms with van der Waals surface area (Å²) >= 11 is 0. The van der Waals surface area contributed by atoms with E-state index in [0.717, 1.165) is 18.1 Å². The number of halogens is 4. The van der Waals surface area contributed by atoms with Gasteiger partial charge < -0.3 is 5.11 Å². The Hall–Kier alpha value is -2.37. The zero-order valence-corrected chi connectivity index (χ0v) is 13.4. The van der Waals surface area contributed by atoms with Crippen LogP contribution in [0.1, 0.15) is 5.56 Å². The maximum Gasteiger partial charge on any atom is 0.318 e. The van der Waals surface area contributed by atoms with E-state index < -0.39 is 33.3 Å². The van der Waals surface area contributed by atoms with Crippen molar-refractivity contribution in [3.8, 4) is 12.3 Å². The van der Waals surface area contributed by atoms with Crippen molar-refractivity contribution in [1.29, 1.82) is 0 Å². The van der Waals surface area contributed by atoms with Crippen molar-refractivity contribution in [1.82, 2.24) is 0 Å². The van der Waals surface area contributed by atoms with Crippen molar-refractivity contribution in [2.45, 2.75) is 27.7 Å². The van der Waals surface area contributed by atoms with Gasteiger partial charge in [-0.3, -0.25) is 0 Å². The second kappa shape index (κ2) is 6.50. The number of hydrogen-bond donors (Lipinski definition) is 1. The summed E-state index contributed by atoms with van der Waals surface area (Å²) in [6.45, 7) is 0. The Kier molecular flexibility index (Phi) is 4.93. The highest BCUT2D eigenvalue weighted by molar-refractivity contribution is 7.91. The average molecular weight is 372 g/mol. The van der Waals surface area contributed by atoms with E-state index in [-0.39, 0.29) is 9.79 Å². The molecule has 3 nitrogen and oxygen atoms in total. The van der Waals surface area contributed by atoms with Gasteiger partial charge in [-0.05, 0) is 24.3 Å². The van der Waals surface area contributed by atoms with Gasteiger partial charge in [0.15, 0.2) is 0 Å². The van der Waals surface area contributed by atoms with Crippen LogP contribution in [0.3, 0.4) is 0 Å². The molecule has 0 aliphatic rings. The third-order valence-electron chi connectivity index (χ3n) is 3.60. The largest absolute Gasteiger partial charge is 0.367 e. The quantitative estimate of drug-likeness (QED) is 0.648. The Morgan fingerprint density at radius 3 is 1.88 bits per heavy atom. The summed E-state index contributed by atoms with van der Waals surface area (Å²) in [4.78, 5) is -0.359. The molecule has 1 atom stereocenters.